The molecule has 0 atom stereocenters. The van der Waals surface area contributed by atoms with Gasteiger partial charge in [-0.3, -0.25) is 9.69 Å². The normalized spacial score (nSPS) is 17.4. The van der Waals surface area contributed by atoms with Crippen LogP contribution in [-0.4, -0.2) is 60.0 Å². The van der Waals surface area contributed by atoms with E-state index in [0.29, 0.717) is 12.2 Å². The number of pyridine rings is 1. The number of hydrogen-bond acceptors (Lipinski definition) is 4. The van der Waals surface area contributed by atoms with Crippen molar-refractivity contribution in [3.8, 4) is 0 Å². The molecule has 1 aromatic heterocycles. The molecule has 1 saturated heterocycles. The van der Waals surface area contributed by atoms with Crippen LogP contribution in [-0.2, 0) is 4.79 Å². The van der Waals surface area contributed by atoms with Gasteiger partial charge in [-0.15, -0.1) is 0 Å². The van der Waals surface area contributed by atoms with Crippen LogP contribution in [0.4, 0.5) is 10.1 Å². The summed E-state index contributed by atoms with van der Waals surface area (Å²) in [7, 11) is 0. The predicted molar refractivity (Wildman–Crippen MR) is 71.4 cm³/mol. The van der Waals surface area contributed by atoms with Crippen LogP contribution in [0.5, 0.6) is 0 Å². The Kier molecular flexibility index (Phi) is 4.81. The number of likely N-dealkylation sites (N-methyl/N-ethyl adjacent to an activating group) is 1. The summed E-state index contributed by atoms with van der Waals surface area (Å²) in [6.45, 7) is 7.38. The number of carbonyl (C=O) groups is 1. The highest BCUT2D eigenvalue weighted by Crippen LogP contribution is 2.06. The van der Waals surface area contributed by atoms with Crippen molar-refractivity contribution in [2.24, 2.45) is 0 Å². The Morgan fingerprint density at radius 2 is 2.00 bits per heavy atom. The molecular weight excluding hydrogens is 247 g/mol. The van der Waals surface area contributed by atoms with Gasteiger partial charge < -0.3 is 10.2 Å². The van der Waals surface area contributed by atoms with Gasteiger partial charge in [0.1, 0.15) is 0 Å². The molecule has 19 heavy (non-hydrogen) atoms. The molecule has 0 radical (unpaired) electrons. The second-order valence-corrected chi connectivity index (χ2v) is 4.63. The summed E-state index contributed by atoms with van der Waals surface area (Å²) in [5.41, 5.74) is 0.526. The van der Waals surface area contributed by atoms with Gasteiger partial charge in [0.05, 0.1) is 18.4 Å². The fourth-order valence-electron chi connectivity index (χ4n) is 2.12. The van der Waals surface area contributed by atoms with E-state index in [1.807, 2.05) is 0 Å². The van der Waals surface area contributed by atoms with Crippen molar-refractivity contribution < 1.29 is 9.18 Å². The highest BCUT2D eigenvalue weighted by atomic mass is 19.1. The molecular formula is C13H19FN4O. The van der Waals surface area contributed by atoms with E-state index >= 15 is 0 Å². The number of piperazine rings is 1. The predicted octanol–water partition coefficient (Wildman–Crippen LogP) is 0.797. The molecule has 0 unspecified atom stereocenters. The first kappa shape index (κ1) is 13.9. The summed E-state index contributed by atoms with van der Waals surface area (Å²) in [4.78, 5) is 19.8. The Labute approximate surface area is 112 Å². The van der Waals surface area contributed by atoms with Gasteiger partial charge in [0.2, 0.25) is 11.9 Å². The van der Waals surface area contributed by atoms with Crippen molar-refractivity contribution in [2.75, 3.05) is 44.6 Å². The molecule has 2 rings (SSSR count). The van der Waals surface area contributed by atoms with E-state index in [4.69, 9.17) is 0 Å². The van der Waals surface area contributed by atoms with Crippen LogP contribution in [0.2, 0.25) is 0 Å². The lowest BCUT2D eigenvalue weighted by atomic mass is 10.3. The number of amides is 1. The zero-order valence-corrected chi connectivity index (χ0v) is 11.1. The number of rotatable bonds is 4. The van der Waals surface area contributed by atoms with Gasteiger partial charge in [-0.2, -0.15) is 4.39 Å². The Bertz CT molecular complexity index is 415. The molecule has 1 amide bonds. The lowest BCUT2D eigenvalue weighted by molar-refractivity contribution is -0.117. The lowest BCUT2D eigenvalue weighted by Crippen LogP contribution is -2.48. The summed E-state index contributed by atoms with van der Waals surface area (Å²) in [6, 6.07) is 2.74. The average molecular weight is 266 g/mol. The van der Waals surface area contributed by atoms with Crippen LogP contribution in [0.15, 0.2) is 18.3 Å². The highest BCUT2D eigenvalue weighted by molar-refractivity contribution is 5.92. The molecule has 1 aliphatic rings. The van der Waals surface area contributed by atoms with Gasteiger partial charge in [0.25, 0.3) is 0 Å². The Morgan fingerprint density at radius 1 is 1.32 bits per heavy atom. The third kappa shape index (κ3) is 4.25. The number of carbonyl (C=O) groups excluding carboxylic acids is 1. The van der Waals surface area contributed by atoms with Gasteiger partial charge in [-0.05, 0) is 18.7 Å². The van der Waals surface area contributed by atoms with Gasteiger partial charge >= 0.3 is 0 Å². The first-order chi connectivity index (χ1) is 9.17. The molecule has 5 nitrogen and oxygen atoms in total. The summed E-state index contributed by atoms with van der Waals surface area (Å²) < 4.78 is 12.6. The second kappa shape index (κ2) is 6.58. The summed E-state index contributed by atoms with van der Waals surface area (Å²) in [6.07, 6.45) is 1.32. The second-order valence-electron chi connectivity index (χ2n) is 4.63. The average Bonchev–Trinajstić information content (AvgIpc) is 2.42. The minimum absolute atomic E-state index is 0.0849. The molecule has 1 aromatic rings. The zero-order valence-electron chi connectivity index (χ0n) is 11.1. The molecule has 0 aromatic carbocycles. The van der Waals surface area contributed by atoms with Crippen LogP contribution in [0.1, 0.15) is 6.92 Å². The molecule has 104 valence electrons. The van der Waals surface area contributed by atoms with Crippen LogP contribution < -0.4 is 5.32 Å². The fraction of sp³-hybridized carbons (Fsp3) is 0.538. The topological polar surface area (TPSA) is 48.5 Å². The van der Waals surface area contributed by atoms with Gasteiger partial charge in [-0.1, -0.05) is 6.92 Å². The van der Waals surface area contributed by atoms with Crippen molar-refractivity contribution in [1.29, 1.82) is 0 Å². The van der Waals surface area contributed by atoms with Crippen LogP contribution >= 0.6 is 0 Å². The van der Waals surface area contributed by atoms with Crippen LogP contribution in [0.25, 0.3) is 0 Å². The van der Waals surface area contributed by atoms with E-state index in [0.717, 1.165) is 32.7 Å². The third-order valence-corrected chi connectivity index (χ3v) is 3.29. The highest BCUT2D eigenvalue weighted by Gasteiger charge is 2.17. The lowest BCUT2D eigenvalue weighted by Gasteiger charge is -2.33. The Balaban J connectivity index is 1.77. The number of aromatic nitrogens is 1. The summed E-state index contributed by atoms with van der Waals surface area (Å²) >= 11 is 0. The van der Waals surface area contributed by atoms with E-state index in [9.17, 15) is 9.18 Å². The van der Waals surface area contributed by atoms with Crippen molar-refractivity contribution in [3.05, 3.63) is 24.3 Å². The zero-order chi connectivity index (χ0) is 13.7. The molecule has 6 heteroatoms. The number of nitrogens with zero attached hydrogens (tertiary/aromatic N) is 3. The maximum atomic E-state index is 12.6. The molecule has 1 fully saturated rings. The first-order valence-electron chi connectivity index (χ1n) is 6.53. The Hall–Kier alpha value is -1.53. The molecule has 0 saturated carbocycles. The van der Waals surface area contributed by atoms with E-state index in [-0.39, 0.29) is 5.91 Å². The maximum absolute atomic E-state index is 12.6. The number of anilines is 1. The fourth-order valence-corrected chi connectivity index (χ4v) is 2.12. The molecule has 0 bridgehead atoms. The van der Waals surface area contributed by atoms with E-state index < -0.39 is 5.95 Å². The third-order valence-electron chi connectivity index (χ3n) is 3.29. The van der Waals surface area contributed by atoms with Crippen molar-refractivity contribution in [2.45, 2.75) is 6.92 Å². The van der Waals surface area contributed by atoms with Crippen LogP contribution in [0.3, 0.4) is 0 Å². The van der Waals surface area contributed by atoms with Crippen molar-refractivity contribution in [3.63, 3.8) is 0 Å². The van der Waals surface area contributed by atoms with Gasteiger partial charge in [-0.25, -0.2) is 4.98 Å². The van der Waals surface area contributed by atoms with E-state index in [2.05, 4.69) is 27.0 Å². The van der Waals surface area contributed by atoms with Gasteiger partial charge in [0.15, 0.2) is 0 Å². The largest absolute Gasteiger partial charge is 0.324 e. The Morgan fingerprint density at radius 3 is 2.58 bits per heavy atom. The first-order valence-corrected chi connectivity index (χ1v) is 6.53. The van der Waals surface area contributed by atoms with Crippen molar-refractivity contribution in [1.82, 2.24) is 14.8 Å². The minimum Gasteiger partial charge on any atom is -0.324 e. The molecule has 1 N–H and O–H groups in total. The van der Waals surface area contributed by atoms with Gasteiger partial charge in [0, 0.05) is 26.2 Å². The molecule has 0 aliphatic carbocycles. The standard InChI is InChI=1S/C13H19FN4O/c1-2-17-5-7-18(8-6-17)10-13(19)16-11-3-4-12(14)15-9-11/h3-4,9H,2,5-8,10H2,1H3,(H,16,19). The number of halogens is 1. The number of nitrogens with one attached hydrogen (secondary N) is 1. The molecule has 0 spiro atoms. The molecule has 2 heterocycles. The number of hydrogen-bond donors (Lipinski definition) is 1. The van der Waals surface area contributed by atoms with E-state index in [1.165, 1.54) is 18.3 Å². The van der Waals surface area contributed by atoms with Crippen LogP contribution in [0, 0.1) is 5.95 Å². The maximum Gasteiger partial charge on any atom is 0.238 e. The SMILES string of the molecule is CCN1CCN(CC(=O)Nc2ccc(F)nc2)CC1. The molecule has 1 aliphatic heterocycles. The van der Waals surface area contributed by atoms with Crippen molar-refractivity contribution >= 4 is 11.6 Å². The summed E-state index contributed by atoms with van der Waals surface area (Å²) in [5, 5.41) is 2.72. The monoisotopic (exact) mass is 266 g/mol. The summed E-state index contributed by atoms with van der Waals surface area (Å²) in [5.74, 6) is -0.632. The quantitative estimate of drug-likeness (QED) is 0.819. The smallest absolute Gasteiger partial charge is 0.238 e. The van der Waals surface area contributed by atoms with E-state index in [1.54, 1.807) is 0 Å². The minimum atomic E-state index is -0.548.